The molecule has 3 aliphatic rings. The lowest BCUT2D eigenvalue weighted by Crippen LogP contribution is -2.38. The molecule has 20 heavy (non-hydrogen) atoms. The van der Waals surface area contributed by atoms with Gasteiger partial charge in [0, 0.05) is 18.3 Å². The molecule has 7 unspecified atom stereocenters. The highest BCUT2D eigenvalue weighted by molar-refractivity contribution is 7.81. The lowest BCUT2D eigenvalue weighted by atomic mass is 9.70. The summed E-state index contributed by atoms with van der Waals surface area (Å²) in [6.45, 7) is 5.48. The van der Waals surface area contributed by atoms with Gasteiger partial charge in [-0.25, -0.2) is 0 Å². The van der Waals surface area contributed by atoms with E-state index in [0.29, 0.717) is 29.5 Å². The van der Waals surface area contributed by atoms with E-state index in [1.54, 1.807) is 0 Å². The maximum absolute atomic E-state index is 6.43. The van der Waals surface area contributed by atoms with Crippen LogP contribution in [0, 0.1) is 17.8 Å². The van der Waals surface area contributed by atoms with Crippen LogP contribution in [0.2, 0.25) is 0 Å². The molecule has 0 amide bonds. The Labute approximate surface area is 129 Å². The van der Waals surface area contributed by atoms with Crippen molar-refractivity contribution in [3.63, 3.8) is 0 Å². The normalized spacial score (nSPS) is 47.9. The fraction of sp³-hybridized carbons (Fsp3) is 1.00. The van der Waals surface area contributed by atoms with Gasteiger partial charge in [0.2, 0.25) is 0 Å². The molecule has 0 aromatic heterocycles. The number of fused-ring (bicyclic) bond motifs is 3. The smallest absolute Gasteiger partial charge is 0.0729 e. The van der Waals surface area contributed by atoms with Crippen LogP contribution in [0.15, 0.2) is 0 Å². The summed E-state index contributed by atoms with van der Waals surface area (Å²) in [4.78, 5) is 0. The van der Waals surface area contributed by atoms with Crippen molar-refractivity contribution in [3.05, 3.63) is 0 Å². The first-order chi connectivity index (χ1) is 9.70. The summed E-state index contributed by atoms with van der Waals surface area (Å²) in [6, 6.07) is 0. The number of thiol groups is 1. The highest BCUT2D eigenvalue weighted by atomic mass is 32.1. The first kappa shape index (κ1) is 15.2. The van der Waals surface area contributed by atoms with Gasteiger partial charge in [-0.1, -0.05) is 20.3 Å². The van der Waals surface area contributed by atoms with E-state index in [1.807, 2.05) is 0 Å². The summed E-state index contributed by atoms with van der Waals surface area (Å²) in [5, 5.41) is 0.443. The summed E-state index contributed by atoms with van der Waals surface area (Å²) < 4.78 is 12.5. The fourth-order valence-corrected chi connectivity index (χ4v) is 4.96. The molecule has 0 bridgehead atoms. The van der Waals surface area contributed by atoms with Gasteiger partial charge in [-0.15, -0.1) is 0 Å². The maximum atomic E-state index is 6.43. The van der Waals surface area contributed by atoms with Gasteiger partial charge in [-0.3, -0.25) is 0 Å². The van der Waals surface area contributed by atoms with Gasteiger partial charge >= 0.3 is 0 Å². The zero-order valence-electron chi connectivity index (χ0n) is 13.0. The SMILES string of the molecule is CCCCOC1CCC2C(C1)OC1C(S)C(C)CCC21. The highest BCUT2D eigenvalue weighted by Gasteiger charge is 2.51. The molecule has 3 fully saturated rings. The predicted octanol–water partition coefficient (Wildman–Crippen LogP) is 4.08. The zero-order valence-corrected chi connectivity index (χ0v) is 13.9. The molecule has 3 rings (SSSR count). The van der Waals surface area contributed by atoms with Crippen molar-refractivity contribution in [1.82, 2.24) is 0 Å². The second-order valence-electron chi connectivity index (χ2n) is 7.17. The largest absolute Gasteiger partial charge is 0.378 e. The monoisotopic (exact) mass is 298 g/mol. The first-order valence-electron chi connectivity index (χ1n) is 8.65. The van der Waals surface area contributed by atoms with E-state index in [-0.39, 0.29) is 0 Å². The van der Waals surface area contributed by atoms with Crippen LogP contribution in [-0.2, 0) is 9.47 Å². The predicted molar refractivity (Wildman–Crippen MR) is 85.3 cm³/mol. The fourth-order valence-electron chi connectivity index (χ4n) is 4.52. The van der Waals surface area contributed by atoms with Gasteiger partial charge in [-0.05, 0) is 49.9 Å². The molecule has 1 aliphatic heterocycles. The maximum Gasteiger partial charge on any atom is 0.0729 e. The minimum atomic E-state index is 0.409. The Morgan fingerprint density at radius 3 is 2.75 bits per heavy atom. The minimum absolute atomic E-state index is 0.409. The Morgan fingerprint density at radius 1 is 1.15 bits per heavy atom. The van der Waals surface area contributed by atoms with Crippen molar-refractivity contribution < 1.29 is 9.47 Å². The molecule has 0 aromatic carbocycles. The van der Waals surface area contributed by atoms with Crippen LogP contribution in [0.4, 0.5) is 0 Å². The molecule has 2 nitrogen and oxygen atoms in total. The van der Waals surface area contributed by atoms with Crippen LogP contribution in [0.3, 0.4) is 0 Å². The Kier molecular flexibility index (Phi) is 4.99. The molecule has 0 aromatic rings. The van der Waals surface area contributed by atoms with Gasteiger partial charge in [0.25, 0.3) is 0 Å². The van der Waals surface area contributed by atoms with Crippen molar-refractivity contribution in [2.45, 2.75) is 82.4 Å². The van der Waals surface area contributed by atoms with Gasteiger partial charge in [-0.2, -0.15) is 12.6 Å². The summed E-state index contributed by atoms with van der Waals surface area (Å²) in [7, 11) is 0. The molecular weight excluding hydrogens is 268 g/mol. The molecule has 1 heterocycles. The zero-order chi connectivity index (χ0) is 14.1. The summed E-state index contributed by atoms with van der Waals surface area (Å²) >= 11 is 4.85. The van der Waals surface area contributed by atoms with Crippen LogP contribution in [0.25, 0.3) is 0 Å². The third-order valence-electron chi connectivity index (χ3n) is 5.82. The van der Waals surface area contributed by atoms with E-state index in [4.69, 9.17) is 22.1 Å². The molecule has 7 atom stereocenters. The highest BCUT2D eigenvalue weighted by Crippen LogP contribution is 2.50. The quantitative estimate of drug-likeness (QED) is 0.622. The molecule has 1 saturated heterocycles. The van der Waals surface area contributed by atoms with Gasteiger partial charge in [0.15, 0.2) is 0 Å². The van der Waals surface area contributed by atoms with Gasteiger partial charge in [0.05, 0.1) is 18.3 Å². The lowest BCUT2D eigenvalue weighted by Gasteiger charge is -2.37. The molecule has 3 heteroatoms. The van der Waals surface area contributed by atoms with Crippen LogP contribution in [-0.4, -0.2) is 30.2 Å². The van der Waals surface area contributed by atoms with E-state index in [2.05, 4.69) is 13.8 Å². The second-order valence-corrected chi connectivity index (χ2v) is 7.77. The van der Waals surface area contributed by atoms with Crippen molar-refractivity contribution in [3.8, 4) is 0 Å². The first-order valence-corrected chi connectivity index (χ1v) is 9.17. The number of rotatable bonds is 4. The topological polar surface area (TPSA) is 18.5 Å². The van der Waals surface area contributed by atoms with E-state index < -0.39 is 0 Å². The molecule has 0 spiro atoms. The summed E-state index contributed by atoms with van der Waals surface area (Å²) in [5.41, 5.74) is 0. The van der Waals surface area contributed by atoms with Crippen molar-refractivity contribution in [1.29, 1.82) is 0 Å². The lowest BCUT2D eigenvalue weighted by molar-refractivity contribution is -0.0509. The average Bonchev–Trinajstić information content (AvgIpc) is 2.82. The Hall–Kier alpha value is 0.270. The van der Waals surface area contributed by atoms with Crippen LogP contribution in [0.1, 0.15) is 58.8 Å². The van der Waals surface area contributed by atoms with E-state index in [0.717, 1.165) is 24.9 Å². The number of hydrogen-bond acceptors (Lipinski definition) is 3. The molecular formula is C17H30O2S. The second kappa shape index (κ2) is 6.58. The third-order valence-corrected chi connectivity index (χ3v) is 6.63. The summed E-state index contributed by atoms with van der Waals surface area (Å²) in [5.74, 6) is 2.26. The van der Waals surface area contributed by atoms with E-state index in [9.17, 15) is 0 Å². The van der Waals surface area contributed by atoms with Crippen LogP contribution >= 0.6 is 12.6 Å². The minimum Gasteiger partial charge on any atom is -0.378 e. The molecule has 116 valence electrons. The van der Waals surface area contributed by atoms with Crippen LogP contribution < -0.4 is 0 Å². The molecule has 2 aliphatic carbocycles. The summed E-state index contributed by atoms with van der Waals surface area (Å²) in [6.07, 6.45) is 10.1. The van der Waals surface area contributed by atoms with E-state index >= 15 is 0 Å². The Morgan fingerprint density at radius 2 is 1.95 bits per heavy atom. The standard InChI is InChI=1S/C17H30O2S/c1-3-4-9-18-12-6-8-13-14-7-5-11(2)17(20)16(14)19-15(13)10-12/h11-17,20H,3-10H2,1-2H3. The molecule has 0 radical (unpaired) electrons. The molecule has 0 N–H and O–H groups in total. The average molecular weight is 298 g/mol. The van der Waals surface area contributed by atoms with Crippen molar-refractivity contribution in [2.75, 3.05) is 6.61 Å². The Balaban J connectivity index is 1.57. The van der Waals surface area contributed by atoms with Crippen molar-refractivity contribution in [2.24, 2.45) is 17.8 Å². The Bertz CT molecular complexity index is 322. The number of ether oxygens (including phenoxy) is 2. The van der Waals surface area contributed by atoms with Crippen LogP contribution in [0.5, 0.6) is 0 Å². The van der Waals surface area contributed by atoms with Crippen molar-refractivity contribution >= 4 is 12.6 Å². The molecule has 2 saturated carbocycles. The third kappa shape index (κ3) is 2.91. The van der Waals surface area contributed by atoms with E-state index in [1.165, 1.54) is 38.5 Å². The number of hydrogen-bond donors (Lipinski definition) is 1. The van der Waals surface area contributed by atoms with Gasteiger partial charge < -0.3 is 9.47 Å². The number of unbranched alkanes of at least 4 members (excludes halogenated alkanes) is 1. The van der Waals surface area contributed by atoms with Gasteiger partial charge in [0.1, 0.15) is 0 Å².